The highest BCUT2D eigenvalue weighted by Gasteiger charge is 2.07. The Hall–Kier alpha value is -1.46. The van der Waals surface area contributed by atoms with E-state index in [-0.39, 0.29) is 12.4 Å². The van der Waals surface area contributed by atoms with E-state index >= 15 is 0 Å². The zero-order valence-corrected chi connectivity index (χ0v) is 11.0. The maximum absolute atomic E-state index is 5.64. The number of fused-ring (bicyclic) bond motifs is 2. The van der Waals surface area contributed by atoms with Crippen molar-refractivity contribution in [3.8, 4) is 0 Å². The Labute approximate surface area is 108 Å². The Morgan fingerprint density at radius 3 is 2.24 bits per heavy atom. The summed E-state index contributed by atoms with van der Waals surface area (Å²) in [6, 6.07) is 4.08. The molecule has 88 valence electrons. The van der Waals surface area contributed by atoms with Gasteiger partial charge in [-0.15, -0.1) is 12.4 Å². The van der Waals surface area contributed by atoms with Gasteiger partial charge in [0.15, 0.2) is 15.6 Å². The number of halogens is 1. The average Bonchev–Trinajstić information content (AvgIpc) is 2.56. The molecule has 2 aromatic heterocycles. The lowest BCUT2D eigenvalue weighted by molar-refractivity contribution is 1.30. The van der Waals surface area contributed by atoms with Gasteiger partial charge >= 0.3 is 0 Å². The summed E-state index contributed by atoms with van der Waals surface area (Å²) in [5.74, 6) is 0. The van der Waals surface area contributed by atoms with Crippen molar-refractivity contribution in [2.45, 2.75) is 13.8 Å². The van der Waals surface area contributed by atoms with Gasteiger partial charge in [0.05, 0.1) is 11.0 Å². The zero-order valence-electron chi connectivity index (χ0n) is 9.39. The van der Waals surface area contributed by atoms with Crippen molar-refractivity contribution >= 4 is 50.4 Å². The van der Waals surface area contributed by atoms with E-state index in [0.29, 0.717) is 10.8 Å². The van der Waals surface area contributed by atoms with Crippen LogP contribution in [0.2, 0.25) is 0 Å². The normalized spacial score (nSPS) is 10.7. The summed E-state index contributed by atoms with van der Waals surface area (Å²) in [7, 11) is 0. The number of nitrogens with two attached hydrogens (primary N) is 1. The molecule has 0 amide bonds. The molecule has 0 aliphatic heterocycles. The minimum absolute atomic E-state index is 0. The number of aromatic nitrogens is 3. The van der Waals surface area contributed by atoms with Crippen LogP contribution in [0.15, 0.2) is 12.1 Å². The summed E-state index contributed by atoms with van der Waals surface area (Å²) in [6.45, 7) is 4.14. The summed E-state index contributed by atoms with van der Waals surface area (Å²) in [5, 5.41) is 0.513. The lowest BCUT2D eigenvalue weighted by Gasteiger charge is -2.01. The largest absolute Gasteiger partial charge is 0.375 e. The molecule has 1 aromatic carbocycles. The highest BCUT2D eigenvalue weighted by atomic mass is 35.5. The van der Waals surface area contributed by atoms with Gasteiger partial charge in [-0.1, -0.05) is 11.3 Å². The van der Waals surface area contributed by atoms with Crippen LogP contribution in [-0.4, -0.2) is 15.0 Å². The maximum atomic E-state index is 5.64. The lowest BCUT2D eigenvalue weighted by atomic mass is 10.1. The van der Waals surface area contributed by atoms with E-state index in [0.717, 1.165) is 15.9 Å². The molecule has 3 aromatic rings. The third-order valence-corrected chi connectivity index (χ3v) is 3.42. The van der Waals surface area contributed by atoms with Crippen molar-refractivity contribution in [1.82, 2.24) is 15.0 Å². The van der Waals surface area contributed by atoms with Gasteiger partial charge in [-0.3, -0.25) is 0 Å². The number of nitrogen functional groups attached to an aromatic ring is 1. The first-order valence-electron chi connectivity index (χ1n) is 4.94. The summed E-state index contributed by atoms with van der Waals surface area (Å²) < 4.78 is 0. The third kappa shape index (κ3) is 1.92. The molecular weight excluding hydrogens is 256 g/mol. The fourth-order valence-corrected chi connectivity index (χ4v) is 2.31. The number of rotatable bonds is 0. The summed E-state index contributed by atoms with van der Waals surface area (Å²) in [4.78, 5) is 13.9. The highest BCUT2D eigenvalue weighted by molar-refractivity contribution is 7.21. The molecule has 0 aliphatic carbocycles. The van der Waals surface area contributed by atoms with Gasteiger partial charge in [0, 0.05) is 0 Å². The van der Waals surface area contributed by atoms with Gasteiger partial charge in [-0.05, 0) is 37.1 Å². The molecule has 0 unspecified atom stereocenters. The van der Waals surface area contributed by atoms with E-state index in [9.17, 15) is 0 Å². The van der Waals surface area contributed by atoms with Gasteiger partial charge in [-0.2, -0.15) is 4.98 Å². The Morgan fingerprint density at radius 2 is 1.59 bits per heavy atom. The molecule has 17 heavy (non-hydrogen) atoms. The van der Waals surface area contributed by atoms with Crippen LogP contribution in [0, 0.1) is 13.8 Å². The SMILES string of the molecule is Cc1cc2nc3nc(N)sc3nc2cc1C.Cl. The van der Waals surface area contributed by atoms with Gasteiger partial charge in [0.1, 0.15) is 0 Å². The van der Waals surface area contributed by atoms with Gasteiger partial charge in [-0.25, -0.2) is 9.97 Å². The van der Waals surface area contributed by atoms with Crippen LogP contribution < -0.4 is 5.73 Å². The van der Waals surface area contributed by atoms with Gasteiger partial charge < -0.3 is 5.73 Å². The van der Waals surface area contributed by atoms with E-state index in [1.54, 1.807) is 0 Å². The molecule has 3 rings (SSSR count). The van der Waals surface area contributed by atoms with Crippen molar-refractivity contribution < 1.29 is 0 Å². The van der Waals surface area contributed by atoms with Crippen molar-refractivity contribution in [1.29, 1.82) is 0 Å². The zero-order chi connectivity index (χ0) is 11.3. The van der Waals surface area contributed by atoms with E-state index in [1.165, 1.54) is 22.5 Å². The first kappa shape index (κ1) is 12.0. The molecule has 0 bridgehead atoms. The summed E-state index contributed by atoms with van der Waals surface area (Å²) in [6.07, 6.45) is 0. The Morgan fingerprint density at radius 1 is 1.00 bits per heavy atom. The predicted molar refractivity (Wildman–Crippen MR) is 73.9 cm³/mol. The summed E-state index contributed by atoms with van der Waals surface area (Å²) in [5.41, 5.74) is 10.5. The highest BCUT2D eigenvalue weighted by Crippen LogP contribution is 2.24. The second-order valence-electron chi connectivity index (χ2n) is 3.83. The number of thiazole rings is 1. The van der Waals surface area contributed by atoms with Crippen molar-refractivity contribution in [3.63, 3.8) is 0 Å². The molecule has 0 saturated carbocycles. The molecule has 4 nitrogen and oxygen atoms in total. The molecule has 0 radical (unpaired) electrons. The Kier molecular flexibility index (Phi) is 2.89. The van der Waals surface area contributed by atoms with E-state index in [1.807, 2.05) is 12.1 Å². The number of hydrogen-bond acceptors (Lipinski definition) is 5. The van der Waals surface area contributed by atoms with Crippen LogP contribution in [0.4, 0.5) is 5.13 Å². The third-order valence-electron chi connectivity index (χ3n) is 2.65. The minimum atomic E-state index is 0. The first-order valence-corrected chi connectivity index (χ1v) is 5.76. The number of hydrogen-bond donors (Lipinski definition) is 1. The van der Waals surface area contributed by atoms with Crippen molar-refractivity contribution in [3.05, 3.63) is 23.3 Å². The van der Waals surface area contributed by atoms with Crippen LogP contribution in [0.25, 0.3) is 21.5 Å². The molecule has 0 spiro atoms. The second kappa shape index (κ2) is 4.09. The van der Waals surface area contributed by atoms with Crippen LogP contribution in [0.3, 0.4) is 0 Å². The topological polar surface area (TPSA) is 64.7 Å². The average molecular weight is 267 g/mol. The van der Waals surface area contributed by atoms with Gasteiger partial charge in [0.2, 0.25) is 0 Å². The lowest BCUT2D eigenvalue weighted by Crippen LogP contribution is -1.89. The number of anilines is 1. The first-order chi connectivity index (χ1) is 7.63. The molecule has 0 fully saturated rings. The molecule has 6 heteroatoms. The monoisotopic (exact) mass is 266 g/mol. The minimum Gasteiger partial charge on any atom is -0.375 e. The summed E-state index contributed by atoms with van der Waals surface area (Å²) >= 11 is 1.37. The van der Waals surface area contributed by atoms with Crippen LogP contribution in [0.1, 0.15) is 11.1 Å². The fourth-order valence-electron chi connectivity index (χ4n) is 1.65. The Bertz CT molecular complexity index is 649. The quantitative estimate of drug-likeness (QED) is 0.680. The predicted octanol–water partition coefficient (Wildman–Crippen LogP) is 2.86. The van der Waals surface area contributed by atoms with E-state index < -0.39 is 0 Å². The fraction of sp³-hybridized carbons (Fsp3) is 0.182. The molecular formula is C11H11ClN4S. The Balaban J connectivity index is 0.00000108. The number of nitrogens with zero attached hydrogens (tertiary/aromatic N) is 3. The number of benzene rings is 1. The molecule has 0 aliphatic rings. The molecule has 0 atom stereocenters. The second-order valence-corrected chi connectivity index (χ2v) is 4.84. The van der Waals surface area contributed by atoms with E-state index in [4.69, 9.17) is 5.73 Å². The smallest absolute Gasteiger partial charge is 0.192 e. The van der Waals surface area contributed by atoms with Crippen molar-refractivity contribution in [2.24, 2.45) is 0 Å². The van der Waals surface area contributed by atoms with Crippen molar-refractivity contribution in [2.75, 3.05) is 5.73 Å². The van der Waals surface area contributed by atoms with Gasteiger partial charge in [0.25, 0.3) is 0 Å². The van der Waals surface area contributed by atoms with Crippen LogP contribution >= 0.6 is 23.7 Å². The molecule has 2 heterocycles. The van der Waals surface area contributed by atoms with E-state index in [2.05, 4.69) is 28.8 Å². The maximum Gasteiger partial charge on any atom is 0.192 e. The van der Waals surface area contributed by atoms with Crippen LogP contribution in [-0.2, 0) is 0 Å². The molecule has 0 saturated heterocycles. The standard InChI is InChI=1S/C11H10N4S.ClH/c1-5-3-7-8(4-6(5)2)14-10-9(13-7)15-11(12)16-10;/h3-4H,1-2H3,(H2,12,13,15);1H. The molecule has 2 N–H and O–H groups in total. The van der Waals surface area contributed by atoms with Crippen LogP contribution in [0.5, 0.6) is 0 Å². The number of aryl methyl sites for hydroxylation is 2.